The van der Waals surface area contributed by atoms with Gasteiger partial charge in [-0.15, -0.1) is 20.4 Å². The molecule has 1 N–H and O–H groups in total. The molecule has 0 radical (unpaired) electrons. The predicted octanol–water partition coefficient (Wildman–Crippen LogP) is 0.311. The lowest BCUT2D eigenvalue weighted by atomic mass is 9.97. The molecule has 1 aliphatic rings. The number of hydrogen-bond donors (Lipinski definition) is 1. The van der Waals surface area contributed by atoms with E-state index >= 15 is 0 Å². The molecule has 1 amide bonds. The lowest BCUT2D eigenvalue weighted by molar-refractivity contribution is -0.125. The fourth-order valence-electron chi connectivity index (χ4n) is 3.20. The summed E-state index contributed by atoms with van der Waals surface area (Å²) >= 11 is 1.57. The van der Waals surface area contributed by atoms with Crippen LogP contribution in [0, 0.1) is 5.92 Å². The standard InChI is InChI=1S/C17H22N10OS/c1-25-12-20-24-17(25)29-8-6-19-16(28)13-3-2-7-26(9-13)14-4-5-15(23-22-14)27-11-18-10-21-27/h4-5,10-13H,2-3,6-9H2,1H3,(H,19,28). The van der Waals surface area contributed by atoms with Crippen LogP contribution in [0.25, 0.3) is 5.82 Å². The highest BCUT2D eigenvalue weighted by Gasteiger charge is 2.26. The van der Waals surface area contributed by atoms with E-state index in [1.807, 2.05) is 23.7 Å². The first-order valence-electron chi connectivity index (χ1n) is 9.39. The Labute approximate surface area is 171 Å². The van der Waals surface area contributed by atoms with Crippen LogP contribution in [-0.2, 0) is 11.8 Å². The summed E-state index contributed by atoms with van der Waals surface area (Å²) in [7, 11) is 1.90. The molecule has 11 nitrogen and oxygen atoms in total. The Hall–Kier alpha value is -3.02. The number of amides is 1. The van der Waals surface area contributed by atoms with E-state index in [1.54, 1.807) is 29.1 Å². The number of nitrogens with one attached hydrogen (secondary N) is 1. The topological polar surface area (TPSA) is 120 Å². The molecule has 4 rings (SSSR count). The Morgan fingerprint density at radius 2 is 2.10 bits per heavy atom. The molecule has 4 heterocycles. The van der Waals surface area contributed by atoms with Gasteiger partial charge in [-0.05, 0) is 25.0 Å². The van der Waals surface area contributed by atoms with Gasteiger partial charge in [-0.25, -0.2) is 9.67 Å². The molecule has 29 heavy (non-hydrogen) atoms. The fourth-order valence-corrected chi connectivity index (χ4v) is 3.94. The van der Waals surface area contributed by atoms with Crippen LogP contribution in [0.15, 0.2) is 36.3 Å². The van der Waals surface area contributed by atoms with Crippen LogP contribution in [0.5, 0.6) is 0 Å². The number of anilines is 1. The van der Waals surface area contributed by atoms with Crippen molar-refractivity contribution in [1.29, 1.82) is 0 Å². The lowest BCUT2D eigenvalue weighted by Gasteiger charge is -2.32. The van der Waals surface area contributed by atoms with Crippen molar-refractivity contribution < 1.29 is 4.79 Å². The van der Waals surface area contributed by atoms with Gasteiger partial charge in [0.05, 0.1) is 5.92 Å². The molecule has 12 heteroatoms. The maximum atomic E-state index is 12.6. The van der Waals surface area contributed by atoms with Crippen LogP contribution in [0.4, 0.5) is 5.82 Å². The van der Waals surface area contributed by atoms with Gasteiger partial charge in [-0.3, -0.25) is 4.79 Å². The second kappa shape index (κ2) is 8.99. The minimum Gasteiger partial charge on any atom is -0.355 e. The van der Waals surface area contributed by atoms with Crippen molar-refractivity contribution in [3.8, 4) is 5.82 Å². The average molecular weight is 414 g/mol. The Morgan fingerprint density at radius 3 is 2.83 bits per heavy atom. The smallest absolute Gasteiger partial charge is 0.224 e. The molecule has 0 spiro atoms. The number of nitrogens with zero attached hydrogens (tertiary/aromatic N) is 9. The summed E-state index contributed by atoms with van der Waals surface area (Å²) in [5.41, 5.74) is 0. The van der Waals surface area contributed by atoms with Crippen molar-refractivity contribution in [3.63, 3.8) is 0 Å². The summed E-state index contributed by atoms with van der Waals surface area (Å²) in [5.74, 6) is 2.16. The zero-order valence-electron chi connectivity index (χ0n) is 16.0. The first-order valence-corrected chi connectivity index (χ1v) is 10.4. The van der Waals surface area contributed by atoms with Crippen LogP contribution in [-0.4, -0.2) is 71.0 Å². The Kier molecular flexibility index (Phi) is 5.98. The average Bonchev–Trinajstić information content (AvgIpc) is 3.43. The number of rotatable bonds is 7. The number of hydrogen-bond acceptors (Lipinski definition) is 9. The van der Waals surface area contributed by atoms with E-state index in [0.717, 1.165) is 36.1 Å². The van der Waals surface area contributed by atoms with Crippen LogP contribution >= 0.6 is 11.8 Å². The molecular weight excluding hydrogens is 392 g/mol. The third-order valence-corrected chi connectivity index (χ3v) is 5.74. The molecule has 1 atom stereocenters. The highest BCUT2D eigenvalue weighted by molar-refractivity contribution is 7.99. The molecule has 1 saturated heterocycles. The number of piperidine rings is 1. The van der Waals surface area contributed by atoms with E-state index in [1.165, 1.54) is 6.33 Å². The number of carbonyl (C=O) groups excluding carboxylic acids is 1. The Morgan fingerprint density at radius 1 is 1.24 bits per heavy atom. The highest BCUT2D eigenvalue weighted by atomic mass is 32.2. The van der Waals surface area contributed by atoms with Gasteiger partial charge in [0.25, 0.3) is 0 Å². The number of aryl methyl sites for hydroxylation is 1. The van der Waals surface area contributed by atoms with E-state index in [2.05, 4.69) is 40.7 Å². The van der Waals surface area contributed by atoms with E-state index in [0.29, 0.717) is 18.9 Å². The van der Waals surface area contributed by atoms with Crippen molar-refractivity contribution in [2.75, 3.05) is 30.3 Å². The van der Waals surface area contributed by atoms with E-state index in [4.69, 9.17) is 0 Å². The van der Waals surface area contributed by atoms with Gasteiger partial charge in [0.15, 0.2) is 16.8 Å². The quantitative estimate of drug-likeness (QED) is 0.430. The molecule has 0 saturated carbocycles. The molecule has 0 bridgehead atoms. The first-order chi connectivity index (χ1) is 14.2. The monoisotopic (exact) mass is 414 g/mol. The SMILES string of the molecule is Cn1cnnc1SCCNC(=O)C1CCCN(c2ccc(-n3cncn3)nn2)C1. The third-order valence-electron chi connectivity index (χ3n) is 4.71. The van der Waals surface area contributed by atoms with Gasteiger partial charge >= 0.3 is 0 Å². The van der Waals surface area contributed by atoms with E-state index in [9.17, 15) is 4.79 Å². The van der Waals surface area contributed by atoms with E-state index < -0.39 is 0 Å². The molecule has 1 unspecified atom stereocenters. The predicted molar refractivity (Wildman–Crippen MR) is 107 cm³/mol. The van der Waals surface area contributed by atoms with Crippen LogP contribution < -0.4 is 10.2 Å². The van der Waals surface area contributed by atoms with Crippen molar-refractivity contribution in [3.05, 3.63) is 31.1 Å². The second-order valence-corrected chi connectivity index (χ2v) is 7.80. The summed E-state index contributed by atoms with van der Waals surface area (Å²) in [6, 6.07) is 3.76. The zero-order chi connectivity index (χ0) is 20.1. The largest absolute Gasteiger partial charge is 0.355 e. The molecule has 1 fully saturated rings. The summed E-state index contributed by atoms with van der Waals surface area (Å²) < 4.78 is 3.42. The van der Waals surface area contributed by atoms with Crippen molar-refractivity contribution in [2.45, 2.75) is 18.0 Å². The van der Waals surface area contributed by atoms with Gasteiger partial charge in [0.1, 0.15) is 19.0 Å². The van der Waals surface area contributed by atoms with Crippen LogP contribution in [0.1, 0.15) is 12.8 Å². The molecular formula is C17H22N10OS. The van der Waals surface area contributed by atoms with Crippen molar-refractivity contribution in [1.82, 2.24) is 45.0 Å². The van der Waals surface area contributed by atoms with Gasteiger partial charge < -0.3 is 14.8 Å². The molecule has 3 aromatic heterocycles. The molecule has 0 aliphatic carbocycles. The summed E-state index contributed by atoms with van der Waals surface area (Å²) in [4.78, 5) is 18.6. The Bertz CT molecular complexity index is 926. The van der Waals surface area contributed by atoms with E-state index in [-0.39, 0.29) is 11.8 Å². The van der Waals surface area contributed by atoms with Gasteiger partial charge in [-0.1, -0.05) is 11.8 Å². The highest BCUT2D eigenvalue weighted by Crippen LogP contribution is 2.22. The molecule has 152 valence electrons. The Balaban J connectivity index is 1.27. The molecule has 3 aromatic rings. The first kappa shape index (κ1) is 19.3. The lowest BCUT2D eigenvalue weighted by Crippen LogP contribution is -2.44. The van der Waals surface area contributed by atoms with Gasteiger partial charge in [0.2, 0.25) is 5.91 Å². The molecule has 1 aliphatic heterocycles. The number of carbonyl (C=O) groups is 1. The zero-order valence-corrected chi connectivity index (χ0v) is 16.9. The minimum atomic E-state index is -0.0552. The summed E-state index contributed by atoms with van der Waals surface area (Å²) in [5, 5.41) is 24.3. The van der Waals surface area contributed by atoms with Gasteiger partial charge in [-0.2, -0.15) is 5.10 Å². The maximum absolute atomic E-state index is 12.6. The molecule has 0 aromatic carbocycles. The fraction of sp³-hybridized carbons (Fsp3) is 0.471. The minimum absolute atomic E-state index is 0.0552. The maximum Gasteiger partial charge on any atom is 0.224 e. The van der Waals surface area contributed by atoms with Crippen LogP contribution in [0.2, 0.25) is 0 Å². The number of aromatic nitrogens is 8. The third kappa shape index (κ3) is 4.70. The number of thioether (sulfide) groups is 1. The van der Waals surface area contributed by atoms with Crippen LogP contribution in [0.3, 0.4) is 0 Å². The van der Waals surface area contributed by atoms with Crippen molar-refractivity contribution >= 4 is 23.5 Å². The second-order valence-electron chi connectivity index (χ2n) is 6.74. The van der Waals surface area contributed by atoms with Crippen molar-refractivity contribution in [2.24, 2.45) is 13.0 Å². The summed E-state index contributed by atoms with van der Waals surface area (Å²) in [6.07, 6.45) is 6.52. The summed E-state index contributed by atoms with van der Waals surface area (Å²) in [6.45, 7) is 2.10. The normalized spacial score (nSPS) is 16.7. The van der Waals surface area contributed by atoms with Gasteiger partial charge in [0, 0.05) is 32.4 Å².